The highest BCUT2D eigenvalue weighted by Gasteiger charge is 2.36. The van der Waals surface area contributed by atoms with Crippen LogP contribution in [0.15, 0.2) is 36.4 Å². The van der Waals surface area contributed by atoms with Crippen LogP contribution in [0.25, 0.3) is 0 Å². The van der Waals surface area contributed by atoms with E-state index in [9.17, 15) is 19.5 Å². The van der Waals surface area contributed by atoms with Crippen LogP contribution in [0.3, 0.4) is 0 Å². The third kappa shape index (κ3) is 7.11. The number of ether oxygens (including phenoxy) is 1. The SMILES string of the molecule is [B]c1cc(C[C@@H](OC(=O)N2CCC(N3CCc4ccccc4NC3=O)CC2)C(=O)N2CCN(C3CCCC3)CC2)cc([B])c1O. The van der Waals surface area contributed by atoms with Gasteiger partial charge < -0.3 is 29.9 Å². The van der Waals surface area contributed by atoms with Gasteiger partial charge in [0.25, 0.3) is 5.91 Å². The van der Waals surface area contributed by atoms with Gasteiger partial charge in [0.05, 0.1) is 0 Å². The Labute approximate surface area is 267 Å². The Morgan fingerprint density at radius 2 is 1.56 bits per heavy atom. The third-order valence-corrected chi connectivity index (χ3v) is 9.94. The number of nitrogens with zero attached hydrogens (tertiary/aromatic N) is 4. The van der Waals surface area contributed by atoms with E-state index in [0.29, 0.717) is 57.2 Å². The summed E-state index contributed by atoms with van der Waals surface area (Å²) in [7, 11) is 11.9. The fraction of sp³-hybridized carbons (Fsp3) is 0.545. The number of piperazine rings is 1. The topological polar surface area (TPSA) is 106 Å². The number of fused-ring (bicyclic) bond motifs is 1. The summed E-state index contributed by atoms with van der Waals surface area (Å²) in [5.74, 6) is -0.443. The first-order valence-corrected chi connectivity index (χ1v) is 16.3. The van der Waals surface area contributed by atoms with E-state index < -0.39 is 12.2 Å². The predicted molar refractivity (Wildman–Crippen MR) is 174 cm³/mol. The van der Waals surface area contributed by atoms with Gasteiger partial charge in [0.15, 0.2) is 6.10 Å². The second-order valence-corrected chi connectivity index (χ2v) is 12.7. The molecular formula is C33H41B2N5O5. The molecule has 0 unspecified atom stereocenters. The summed E-state index contributed by atoms with van der Waals surface area (Å²) in [6.07, 6.45) is 5.42. The highest BCUT2D eigenvalue weighted by atomic mass is 16.6. The molecule has 2 aromatic carbocycles. The number of phenolic OH excluding ortho intramolecular Hbond substituents is 1. The first kappa shape index (κ1) is 31.3. The summed E-state index contributed by atoms with van der Waals surface area (Å²) in [6, 6.07) is 11.4. The van der Waals surface area contributed by atoms with Crippen LogP contribution >= 0.6 is 0 Å². The van der Waals surface area contributed by atoms with Gasteiger partial charge in [-0.2, -0.15) is 0 Å². The Balaban J connectivity index is 1.09. The molecule has 0 aromatic heterocycles. The van der Waals surface area contributed by atoms with E-state index in [2.05, 4.69) is 10.2 Å². The maximum atomic E-state index is 13.9. The lowest BCUT2D eigenvalue weighted by atomic mass is 9.83. The summed E-state index contributed by atoms with van der Waals surface area (Å²) >= 11 is 0. The second-order valence-electron chi connectivity index (χ2n) is 12.7. The molecule has 3 fully saturated rings. The van der Waals surface area contributed by atoms with E-state index >= 15 is 0 Å². The van der Waals surface area contributed by atoms with Gasteiger partial charge in [0.2, 0.25) is 0 Å². The smallest absolute Gasteiger partial charge is 0.410 e. The summed E-state index contributed by atoms with van der Waals surface area (Å²) in [6.45, 7) is 4.21. The van der Waals surface area contributed by atoms with Crippen molar-refractivity contribution in [3.8, 4) is 5.75 Å². The maximum Gasteiger partial charge on any atom is 0.410 e. The van der Waals surface area contributed by atoms with Gasteiger partial charge in [-0.1, -0.05) is 54.1 Å². The molecule has 0 bridgehead atoms. The Morgan fingerprint density at radius 3 is 2.24 bits per heavy atom. The molecule has 2 aromatic rings. The van der Waals surface area contributed by atoms with Gasteiger partial charge in [0.1, 0.15) is 21.4 Å². The molecule has 1 saturated carbocycles. The average molecular weight is 609 g/mol. The van der Waals surface area contributed by atoms with E-state index in [1.54, 1.807) is 21.9 Å². The molecule has 4 aliphatic rings. The molecule has 2 saturated heterocycles. The zero-order valence-corrected chi connectivity index (χ0v) is 25.8. The first-order chi connectivity index (χ1) is 21.8. The van der Waals surface area contributed by atoms with E-state index in [-0.39, 0.29) is 41.1 Å². The first-order valence-electron chi connectivity index (χ1n) is 16.3. The van der Waals surface area contributed by atoms with Crippen LogP contribution in [0, 0.1) is 0 Å². The number of phenols is 1. The van der Waals surface area contributed by atoms with Gasteiger partial charge in [-0.3, -0.25) is 9.69 Å². The summed E-state index contributed by atoms with van der Waals surface area (Å²) < 4.78 is 5.95. The number of piperidine rings is 1. The molecule has 234 valence electrons. The van der Waals surface area contributed by atoms with E-state index in [0.717, 1.165) is 30.8 Å². The monoisotopic (exact) mass is 609 g/mol. The lowest BCUT2D eigenvalue weighted by Gasteiger charge is -2.40. The second kappa shape index (κ2) is 13.8. The molecule has 4 radical (unpaired) electrons. The van der Waals surface area contributed by atoms with E-state index in [1.807, 2.05) is 29.2 Å². The van der Waals surface area contributed by atoms with E-state index in [4.69, 9.17) is 20.4 Å². The molecule has 3 heterocycles. The largest absolute Gasteiger partial charge is 0.509 e. The quantitative estimate of drug-likeness (QED) is 0.484. The molecule has 12 heteroatoms. The predicted octanol–water partition coefficient (Wildman–Crippen LogP) is 1.67. The minimum Gasteiger partial charge on any atom is -0.509 e. The molecule has 10 nitrogen and oxygen atoms in total. The van der Waals surface area contributed by atoms with Crippen molar-refractivity contribution in [2.75, 3.05) is 51.1 Å². The Morgan fingerprint density at radius 1 is 0.889 bits per heavy atom. The van der Waals surface area contributed by atoms with Crippen LogP contribution in [0.5, 0.6) is 5.75 Å². The number of carbonyl (C=O) groups is 3. The van der Waals surface area contributed by atoms with Gasteiger partial charge in [-0.15, -0.1) is 0 Å². The number of anilines is 1. The normalized spacial score (nSPS) is 20.8. The number of urea groups is 1. The third-order valence-electron chi connectivity index (χ3n) is 9.94. The fourth-order valence-corrected chi connectivity index (χ4v) is 7.33. The van der Waals surface area contributed by atoms with Crippen LogP contribution in [-0.4, -0.2) is 122 Å². The maximum absolute atomic E-state index is 13.9. The number of rotatable bonds is 6. The molecule has 0 spiro atoms. The number of likely N-dealkylation sites (tertiary alicyclic amines) is 1. The lowest BCUT2D eigenvalue weighted by Crippen LogP contribution is -2.55. The van der Waals surface area contributed by atoms with Crippen molar-refractivity contribution < 1.29 is 24.2 Å². The molecule has 3 aliphatic heterocycles. The highest BCUT2D eigenvalue weighted by Crippen LogP contribution is 2.26. The van der Waals surface area contributed by atoms with Crippen molar-refractivity contribution in [3.05, 3.63) is 47.5 Å². The van der Waals surface area contributed by atoms with Crippen LogP contribution in [0.1, 0.15) is 49.7 Å². The van der Waals surface area contributed by atoms with Crippen LogP contribution < -0.4 is 16.2 Å². The number of hydrogen-bond donors (Lipinski definition) is 2. The highest BCUT2D eigenvalue weighted by molar-refractivity contribution is 6.41. The summed E-state index contributed by atoms with van der Waals surface area (Å²) in [5, 5.41) is 13.1. The summed E-state index contributed by atoms with van der Waals surface area (Å²) in [4.78, 5) is 48.1. The number of amides is 4. The molecule has 1 aliphatic carbocycles. The van der Waals surface area contributed by atoms with Crippen molar-refractivity contribution in [3.63, 3.8) is 0 Å². The van der Waals surface area contributed by atoms with Crippen molar-refractivity contribution in [1.29, 1.82) is 0 Å². The average Bonchev–Trinajstić information content (AvgIpc) is 3.53. The number of benzene rings is 2. The number of aromatic hydroxyl groups is 1. The molecule has 1 atom stereocenters. The number of carbonyl (C=O) groups excluding carboxylic acids is 3. The lowest BCUT2D eigenvalue weighted by molar-refractivity contribution is -0.143. The minimum absolute atomic E-state index is 0.0000917. The zero-order valence-electron chi connectivity index (χ0n) is 25.8. The standard InChI is InChI=1S/C33H41B2N5O5/c34-26-19-22(20-27(35)30(26)41)21-29(31(42)38-17-15-37(16-18-38)24-6-2-3-7-24)45-33(44)39-12-10-25(11-13-39)40-14-9-23-5-1-4-8-28(23)36-32(40)43/h1,4-5,8,19-20,24-25,29,41H,2-3,6-7,9-18,21H2,(H,36,43)/t29-/m1/s1. The van der Waals surface area contributed by atoms with Crippen molar-refractivity contribution in [1.82, 2.24) is 19.6 Å². The van der Waals surface area contributed by atoms with E-state index in [1.165, 1.54) is 25.7 Å². The fourth-order valence-electron chi connectivity index (χ4n) is 7.33. The minimum atomic E-state index is -1.06. The van der Waals surface area contributed by atoms with Gasteiger partial charge >= 0.3 is 12.1 Å². The van der Waals surface area contributed by atoms with Crippen molar-refractivity contribution in [2.24, 2.45) is 0 Å². The molecule has 2 N–H and O–H groups in total. The number of nitrogens with one attached hydrogen (secondary N) is 1. The zero-order chi connectivity index (χ0) is 31.5. The molecular weight excluding hydrogens is 568 g/mol. The number of hydrogen-bond acceptors (Lipinski definition) is 6. The number of para-hydroxylation sites is 1. The Hall–Kier alpha value is -3.66. The van der Waals surface area contributed by atoms with Crippen LogP contribution in [-0.2, 0) is 22.4 Å². The van der Waals surface area contributed by atoms with Crippen molar-refractivity contribution >= 4 is 50.3 Å². The molecule has 45 heavy (non-hydrogen) atoms. The van der Waals surface area contributed by atoms with Gasteiger partial charge in [-0.05, 0) is 49.3 Å². The van der Waals surface area contributed by atoms with Crippen LogP contribution in [0.4, 0.5) is 15.3 Å². The van der Waals surface area contributed by atoms with Gasteiger partial charge in [0, 0.05) is 70.0 Å². The molecule has 6 rings (SSSR count). The molecule has 4 amide bonds. The Kier molecular flexibility index (Phi) is 9.58. The summed E-state index contributed by atoms with van der Waals surface area (Å²) in [5.41, 5.74) is 2.78. The van der Waals surface area contributed by atoms with Crippen molar-refractivity contribution in [2.45, 2.75) is 69.6 Å². The van der Waals surface area contributed by atoms with Crippen LogP contribution in [0.2, 0.25) is 0 Å². The van der Waals surface area contributed by atoms with Gasteiger partial charge in [-0.25, -0.2) is 9.59 Å². The Bertz CT molecular complexity index is 1380.